The van der Waals surface area contributed by atoms with Crippen molar-refractivity contribution in [3.05, 3.63) is 0 Å². The first-order valence-corrected chi connectivity index (χ1v) is 8.03. The molecule has 3 atom stereocenters. The molecule has 0 aromatic heterocycles. The Labute approximate surface area is 118 Å². The molecule has 2 heterocycles. The summed E-state index contributed by atoms with van der Waals surface area (Å²) in [6, 6.07) is 0.886. The highest BCUT2D eigenvalue weighted by Gasteiger charge is 2.44. The Balaban J connectivity index is 1.60. The van der Waals surface area contributed by atoms with Gasteiger partial charge in [0.25, 0.3) is 0 Å². The molecule has 1 N–H and O–H groups in total. The smallest absolute Gasteiger partial charge is 0.0547 e. The van der Waals surface area contributed by atoms with E-state index in [1.807, 2.05) is 0 Å². The summed E-state index contributed by atoms with van der Waals surface area (Å²) in [4.78, 5) is 2.77. The summed E-state index contributed by atoms with van der Waals surface area (Å²) in [6.45, 7) is 12.4. The van der Waals surface area contributed by atoms with Crippen LogP contribution in [-0.4, -0.2) is 49.3 Å². The molecule has 0 radical (unpaired) electrons. The van der Waals surface area contributed by atoms with Crippen LogP contribution in [0.25, 0.3) is 0 Å². The van der Waals surface area contributed by atoms with Crippen molar-refractivity contribution < 1.29 is 4.74 Å². The number of hydrogen-bond donors (Lipinski definition) is 1. The summed E-state index contributed by atoms with van der Waals surface area (Å²) in [7, 11) is 0. The minimum Gasteiger partial charge on any atom is -0.381 e. The van der Waals surface area contributed by atoms with Crippen LogP contribution < -0.4 is 5.32 Å². The molecule has 0 aromatic rings. The highest BCUT2D eigenvalue weighted by Crippen LogP contribution is 2.40. The average Bonchev–Trinajstić information content (AvgIpc) is 3.02. The van der Waals surface area contributed by atoms with Crippen LogP contribution in [-0.2, 0) is 4.74 Å². The van der Waals surface area contributed by atoms with E-state index in [2.05, 4.69) is 31.0 Å². The zero-order valence-corrected chi connectivity index (χ0v) is 12.9. The van der Waals surface area contributed by atoms with E-state index in [0.29, 0.717) is 5.41 Å². The van der Waals surface area contributed by atoms with Crippen LogP contribution in [0.1, 0.15) is 46.5 Å². The summed E-state index contributed by atoms with van der Waals surface area (Å²) in [5.74, 6) is 1.000. The van der Waals surface area contributed by atoms with Crippen molar-refractivity contribution >= 4 is 0 Å². The molecule has 110 valence electrons. The third-order valence-electron chi connectivity index (χ3n) is 5.24. The fourth-order valence-corrected chi connectivity index (χ4v) is 4.07. The molecule has 0 amide bonds. The second-order valence-electron chi connectivity index (χ2n) is 8.17. The van der Waals surface area contributed by atoms with Crippen molar-refractivity contribution in [1.29, 1.82) is 0 Å². The summed E-state index contributed by atoms with van der Waals surface area (Å²) in [5.41, 5.74) is 0.567. The molecule has 3 aliphatic rings. The Bertz CT molecular complexity index is 317. The van der Waals surface area contributed by atoms with Gasteiger partial charge in [-0.3, -0.25) is 4.90 Å². The SMILES string of the molecule is CC(C)(C)NCC1(CN2CC3CCC2C3)CCOC1. The van der Waals surface area contributed by atoms with Gasteiger partial charge in [-0.2, -0.15) is 0 Å². The van der Waals surface area contributed by atoms with E-state index in [4.69, 9.17) is 4.74 Å². The summed E-state index contributed by atoms with van der Waals surface area (Å²) in [6.07, 6.45) is 5.60. The average molecular weight is 266 g/mol. The van der Waals surface area contributed by atoms with Crippen molar-refractivity contribution in [1.82, 2.24) is 10.2 Å². The third-order valence-corrected chi connectivity index (χ3v) is 5.24. The van der Waals surface area contributed by atoms with Crippen molar-refractivity contribution in [3.8, 4) is 0 Å². The maximum absolute atomic E-state index is 5.75. The largest absolute Gasteiger partial charge is 0.381 e. The second-order valence-corrected chi connectivity index (χ2v) is 8.17. The molecular weight excluding hydrogens is 236 g/mol. The minimum atomic E-state index is 0.208. The number of likely N-dealkylation sites (tertiary alicyclic amines) is 1. The van der Waals surface area contributed by atoms with E-state index in [0.717, 1.165) is 31.7 Å². The monoisotopic (exact) mass is 266 g/mol. The molecule has 3 heteroatoms. The van der Waals surface area contributed by atoms with E-state index in [1.165, 1.54) is 38.8 Å². The molecule has 0 spiro atoms. The third kappa shape index (κ3) is 3.14. The van der Waals surface area contributed by atoms with Crippen LogP contribution in [0.5, 0.6) is 0 Å². The molecule has 2 aliphatic heterocycles. The second kappa shape index (κ2) is 5.01. The van der Waals surface area contributed by atoms with Gasteiger partial charge in [0, 0.05) is 43.2 Å². The zero-order valence-electron chi connectivity index (χ0n) is 12.9. The Hall–Kier alpha value is -0.120. The highest BCUT2D eigenvalue weighted by atomic mass is 16.5. The van der Waals surface area contributed by atoms with Gasteiger partial charge < -0.3 is 10.1 Å². The molecule has 2 bridgehead atoms. The predicted molar refractivity (Wildman–Crippen MR) is 78.3 cm³/mol. The van der Waals surface area contributed by atoms with Crippen LogP contribution >= 0.6 is 0 Å². The Morgan fingerprint density at radius 3 is 2.68 bits per heavy atom. The number of fused-ring (bicyclic) bond motifs is 2. The molecule has 3 fully saturated rings. The van der Waals surface area contributed by atoms with Gasteiger partial charge in [-0.25, -0.2) is 0 Å². The first-order chi connectivity index (χ1) is 8.96. The lowest BCUT2D eigenvalue weighted by Crippen LogP contribution is -2.50. The fraction of sp³-hybridized carbons (Fsp3) is 1.00. The number of rotatable bonds is 4. The normalized spacial score (nSPS) is 39.3. The van der Waals surface area contributed by atoms with Gasteiger partial charge in [-0.05, 0) is 52.4 Å². The molecule has 3 unspecified atom stereocenters. The van der Waals surface area contributed by atoms with Crippen molar-refractivity contribution in [3.63, 3.8) is 0 Å². The van der Waals surface area contributed by atoms with Crippen LogP contribution in [0, 0.1) is 11.3 Å². The fourth-order valence-electron chi connectivity index (χ4n) is 4.07. The maximum Gasteiger partial charge on any atom is 0.0547 e. The number of ether oxygens (including phenoxy) is 1. The first kappa shape index (κ1) is 13.8. The lowest BCUT2D eigenvalue weighted by molar-refractivity contribution is 0.0873. The standard InChI is InChI=1S/C16H30N2O/c1-15(2,3)17-10-16(6-7-19-12-16)11-18-9-13-4-5-14(18)8-13/h13-14,17H,4-12H2,1-3H3. The number of hydrogen-bond acceptors (Lipinski definition) is 3. The summed E-state index contributed by atoms with van der Waals surface area (Å²) >= 11 is 0. The summed E-state index contributed by atoms with van der Waals surface area (Å²) in [5, 5.41) is 3.72. The van der Waals surface area contributed by atoms with Gasteiger partial charge in [0.1, 0.15) is 0 Å². The van der Waals surface area contributed by atoms with Crippen molar-refractivity contribution in [2.75, 3.05) is 32.8 Å². The maximum atomic E-state index is 5.75. The molecule has 2 saturated heterocycles. The van der Waals surface area contributed by atoms with Gasteiger partial charge in [0.15, 0.2) is 0 Å². The molecular formula is C16H30N2O. The van der Waals surface area contributed by atoms with E-state index in [1.54, 1.807) is 0 Å². The van der Waals surface area contributed by atoms with Gasteiger partial charge in [-0.1, -0.05) is 0 Å². The number of nitrogens with zero attached hydrogens (tertiary/aromatic N) is 1. The number of nitrogens with one attached hydrogen (secondary N) is 1. The Kier molecular flexibility index (Phi) is 3.65. The van der Waals surface area contributed by atoms with Gasteiger partial charge >= 0.3 is 0 Å². The van der Waals surface area contributed by atoms with Crippen LogP contribution in [0.3, 0.4) is 0 Å². The van der Waals surface area contributed by atoms with E-state index >= 15 is 0 Å². The van der Waals surface area contributed by atoms with Crippen LogP contribution in [0.15, 0.2) is 0 Å². The topological polar surface area (TPSA) is 24.5 Å². The van der Waals surface area contributed by atoms with Gasteiger partial charge in [-0.15, -0.1) is 0 Å². The molecule has 19 heavy (non-hydrogen) atoms. The highest BCUT2D eigenvalue weighted by molar-refractivity contribution is 4.97. The van der Waals surface area contributed by atoms with Gasteiger partial charge in [0.2, 0.25) is 0 Å². The first-order valence-electron chi connectivity index (χ1n) is 8.03. The quantitative estimate of drug-likeness (QED) is 0.845. The summed E-state index contributed by atoms with van der Waals surface area (Å²) < 4.78 is 5.75. The molecule has 1 saturated carbocycles. The molecule has 0 aromatic carbocycles. The molecule has 3 nitrogen and oxygen atoms in total. The van der Waals surface area contributed by atoms with E-state index in [9.17, 15) is 0 Å². The van der Waals surface area contributed by atoms with Crippen molar-refractivity contribution in [2.24, 2.45) is 11.3 Å². The number of piperidine rings is 1. The van der Waals surface area contributed by atoms with E-state index in [-0.39, 0.29) is 5.54 Å². The van der Waals surface area contributed by atoms with Crippen molar-refractivity contribution in [2.45, 2.75) is 58.0 Å². The zero-order chi connectivity index (χ0) is 13.5. The van der Waals surface area contributed by atoms with Gasteiger partial charge in [0.05, 0.1) is 6.61 Å². The Morgan fingerprint density at radius 2 is 2.16 bits per heavy atom. The van der Waals surface area contributed by atoms with Crippen LogP contribution in [0.2, 0.25) is 0 Å². The molecule has 1 aliphatic carbocycles. The lowest BCUT2D eigenvalue weighted by Gasteiger charge is -2.38. The minimum absolute atomic E-state index is 0.208. The van der Waals surface area contributed by atoms with E-state index < -0.39 is 0 Å². The lowest BCUT2D eigenvalue weighted by atomic mass is 9.85. The van der Waals surface area contributed by atoms with Crippen LogP contribution in [0.4, 0.5) is 0 Å². The predicted octanol–water partition coefficient (Wildman–Crippen LogP) is 2.27. The Morgan fingerprint density at radius 1 is 1.32 bits per heavy atom. The molecule has 3 rings (SSSR count).